The Balaban J connectivity index is 1.62. The maximum Gasteiger partial charge on any atom is 0.272 e. The van der Waals surface area contributed by atoms with Crippen LogP contribution in [0.25, 0.3) is 10.1 Å². The van der Waals surface area contributed by atoms with Crippen LogP contribution < -0.4 is 10.7 Å². The van der Waals surface area contributed by atoms with Gasteiger partial charge in [0.15, 0.2) is 0 Å². The Labute approximate surface area is 172 Å². The molecule has 2 aromatic heterocycles. The zero-order valence-corrected chi connectivity index (χ0v) is 16.3. The molecule has 4 rings (SSSR count). The Morgan fingerprint density at radius 2 is 1.75 bits per heavy atom. The minimum atomic E-state index is -0.426. The number of nitrogens with one attached hydrogen (secondary N) is 2. The summed E-state index contributed by atoms with van der Waals surface area (Å²) in [6, 6.07) is 11.9. The van der Waals surface area contributed by atoms with E-state index in [4.69, 9.17) is 23.2 Å². The van der Waals surface area contributed by atoms with Gasteiger partial charge in [-0.1, -0.05) is 41.4 Å². The number of hydrogen-bond acceptors (Lipinski definition) is 5. The first-order valence-corrected chi connectivity index (χ1v) is 9.54. The highest BCUT2D eigenvalue weighted by molar-refractivity contribution is 7.21. The van der Waals surface area contributed by atoms with E-state index in [1.54, 1.807) is 42.5 Å². The Morgan fingerprint density at radius 1 is 1.00 bits per heavy atom. The number of aromatic nitrogens is 3. The highest BCUT2D eigenvalue weighted by Gasteiger charge is 2.20. The van der Waals surface area contributed by atoms with E-state index < -0.39 is 11.8 Å². The van der Waals surface area contributed by atoms with E-state index in [0.717, 1.165) is 10.1 Å². The van der Waals surface area contributed by atoms with Crippen molar-refractivity contribution in [2.75, 3.05) is 10.7 Å². The summed E-state index contributed by atoms with van der Waals surface area (Å²) in [5.41, 5.74) is 3.23. The van der Waals surface area contributed by atoms with Crippen molar-refractivity contribution in [3.63, 3.8) is 0 Å². The highest BCUT2D eigenvalue weighted by atomic mass is 35.5. The standard InChI is InChI=1S/C18H11Cl2N5O2S/c19-10-5-6-12-14(7-10)28-16(15(12)20)18(27)23-13-4-2-1-3-11(13)17(26)24-25-8-21-22-9-25/h1-9H,(H,23,27)(H,24,26). The fourth-order valence-corrected chi connectivity index (χ4v) is 4.28. The lowest BCUT2D eigenvalue weighted by Crippen LogP contribution is -2.23. The monoisotopic (exact) mass is 431 g/mol. The lowest BCUT2D eigenvalue weighted by molar-refractivity contribution is 0.101. The second kappa shape index (κ2) is 7.59. The van der Waals surface area contributed by atoms with E-state index >= 15 is 0 Å². The molecule has 0 unspecified atom stereocenters. The number of amides is 2. The van der Waals surface area contributed by atoms with E-state index in [1.165, 1.54) is 28.7 Å². The van der Waals surface area contributed by atoms with Crippen molar-refractivity contribution < 1.29 is 9.59 Å². The molecule has 0 atom stereocenters. The highest BCUT2D eigenvalue weighted by Crippen LogP contribution is 2.37. The number of hydrogen-bond donors (Lipinski definition) is 2. The second-order valence-corrected chi connectivity index (χ2v) is 7.56. The molecular formula is C18H11Cl2N5O2S. The summed E-state index contributed by atoms with van der Waals surface area (Å²) in [6.45, 7) is 0. The minimum Gasteiger partial charge on any atom is -0.320 e. The van der Waals surface area contributed by atoms with Gasteiger partial charge in [0.25, 0.3) is 11.8 Å². The fourth-order valence-electron chi connectivity index (χ4n) is 2.59. The second-order valence-electron chi connectivity index (χ2n) is 5.70. The number of para-hydroxylation sites is 1. The largest absolute Gasteiger partial charge is 0.320 e. The minimum absolute atomic E-state index is 0.282. The molecule has 2 N–H and O–H groups in total. The Morgan fingerprint density at radius 3 is 2.54 bits per heavy atom. The van der Waals surface area contributed by atoms with Crippen LogP contribution in [0.3, 0.4) is 0 Å². The van der Waals surface area contributed by atoms with Crippen LogP contribution in [0.2, 0.25) is 10.0 Å². The molecule has 2 amide bonds. The normalized spacial score (nSPS) is 10.8. The molecular weight excluding hydrogens is 421 g/mol. The summed E-state index contributed by atoms with van der Waals surface area (Å²) in [5.74, 6) is -0.836. The maximum absolute atomic E-state index is 12.8. The molecule has 0 spiro atoms. The predicted molar refractivity (Wildman–Crippen MR) is 110 cm³/mol. The van der Waals surface area contributed by atoms with Crippen molar-refractivity contribution in [3.8, 4) is 0 Å². The van der Waals surface area contributed by atoms with E-state index in [1.807, 2.05) is 0 Å². The first kappa shape index (κ1) is 18.4. The summed E-state index contributed by atoms with van der Waals surface area (Å²) in [4.78, 5) is 25.7. The molecule has 140 valence electrons. The number of rotatable bonds is 4. The number of nitrogens with zero attached hydrogens (tertiary/aromatic N) is 3. The Hall–Kier alpha value is -2.94. The fraction of sp³-hybridized carbons (Fsp3) is 0. The molecule has 7 nitrogen and oxygen atoms in total. The predicted octanol–water partition coefficient (Wildman–Crippen LogP) is 4.44. The Kier molecular flexibility index (Phi) is 4.99. The molecule has 0 radical (unpaired) electrons. The summed E-state index contributed by atoms with van der Waals surface area (Å²) < 4.78 is 2.12. The summed E-state index contributed by atoms with van der Waals surface area (Å²) in [7, 11) is 0. The lowest BCUT2D eigenvalue weighted by Gasteiger charge is -2.11. The van der Waals surface area contributed by atoms with Gasteiger partial charge in [-0.05, 0) is 24.3 Å². The van der Waals surface area contributed by atoms with Gasteiger partial charge >= 0.3 is 0 Å². The Bertz CT molecular complexity index is 1190. The molecule has 0 aliphatic rings. The third-order valence-corrected chi connectivity index (χ3v) is 5.76. The number of benzene rings is 2. The quantitative estimate of drug-likeness (QED) is 0.499. The molecule has 0 fully saturated rings. The van der Waals surface area contributed by atoms with Crippen molar-refractivity contribution in [2.45, 2.75) is 0 Å². The average molecular weight is 432 g/mol. The number of carbonyl (C=O) groups excluding carboxylic acids is 2. The molecule has 0 aliphatic carbocycles. The van der Waals surface area contributed by atoms with Gasteiger partial charge in [-0.3, -0.25) is 15.0 Å². The first-order chi connectivity index (χ1) is 13.5. The molecule has 4 aromatic rings. The van der Waals surface area contributed by atoms with Gasteiger partial charge in [-0.2, -0.15) is 0 Å². The SMILES string of the molecule is O=C(Nn1cnnc1)c1ccccc1NC(=O)c1sc2cc(Cl)ccc2c1Cl. The maximum atomic E-state index is 12.8. The van der Waals surface area contributed by atoms with Crippen molar-refractivity contribution in [1.29, 1.82) is 0 Å². The number of halogens is 2. The average Bonchev–Trinajstić information content (AvgIpc) is 3.30. The molecule has 2 heterocycles. The summed E-state index contributed by atoms with van der Waals surface area (Å²) >= 11 is 13.6. The molecule has 28 heavy (non-hydrogen) atoms. The van der Waals surface area contributed by atoms with Gasteiger partial charge < -0.3 is 5.32 Å². The van der Waals surface area contributed by atoms with Gasteiger partial charge in [-0.15, -0.1) is 21.5 Å². The van der Waals surface area contributed by atoms with E-state index in [0.29, 0.717) is 20.6 Å². The van der Waals surface area contributed by atoms with E-state index in [9.17, 15) is 9.59 Å². The first-order valence-electron chi connectivity index (χ1n) is 7.97. The van der Waals surface area contributed by atoms with Crippen LogP contribution in [-0.4, -0.2) is 26.7 Å². The lowest BCUT2D eigenvalue weighted by atomic mass is 10.1. The van der Waals surface area contributed by atoms with Gasteiger partial charge in [0.05, 0.1) is 16.3 Å². The molecule has 0 saturated carbocycles. The molecule has 0 bridgehead atoms. The van der Waals surface area contributed by atoms with E-state index in [-0.39, 0.29) is 5.56 Å². The molecule has 2 aromatic carbocycles. The van der Waals surface area contributed by atoms with Crippen LogP contribution in [0.4, 0.5) is 5.69 Å². The van der Waals surface area contributed by atoms with Crippen LogP contribution in [-0.2, 0) is 0 Å². The van der Waals surface area contributed by atoms with Gasteiger partial charge in [-0.25, -0.2) is 4.68 Å². The van der Waals surface area contributed by atoms with Crippen LogP contribution in [0.5, 0.6) is 0 Å². The van der Waals surface area contributed by atoms with Crippen molar-refractivity contribution in [2.24, 2.45) is 0 Å². The van der Waals surface area contributed by atoms with Crippen LogP contribution >= 0.6 is 34.5 Å². The van der Waals surface area contributed by atoms with Gasteiger partial charge in [0.2, 0.25) is 0 Å². The third-order valence-electron chi connectivity index (χ3n) is 3.87. The number of thiophene rings is 1. The molecule has 10 heteroatoms. The third kappa shape index (κ3) is 3.57. The van der Waals surface area contributed by atoms with Crippen LogP contribution in [0.1, 0.15) is 20.0 Å². The number of fused-ring (bicyclic) bond motifs is 1. The topological polar surface area (TPSA) is 88.9 Å². The smallest absolute Gasteiger partial charge is 0.272 e. The van der Waals surface area contributed by atoms with Gasteiger partial charge in [0, 0.05) is 15.1 Å². The number of anilines is 1. The van der Waals surface area contributed by atoms with Crippen molar-refractivity contribution in [3.05, 3.63) is 75.6 Å². The summed E-state index contributed by atoms with van der Waals surface area (Å²) in [6.07, 6.45) is 2.70. The molecule has 0 saturated heterocycles. The number of carbonyl (C=O) groups is 2. The van der Waals surface area contributed by atoms with Crippen molar-refractivity contribution in [1.82, 2.24) is 14.9 Å². The summed E-state index contributed by atoms with van der Waals surface area (Å²) in [5, 5.41) is 11.7. The zero-order valence-electron chi connectivity index (χ0n) is 14.0. The van der Waals surface area contributed by atoms with Crippen LogP contribution in [0, 0.1) is 0 Å². The van der Waals surface area contributed by atoms with Gasteiger partial charge in [0.1, 0.15) is 17.5 Å². The van der Waals surface area contributed by atoms with E-state index in [2.05, 4.69) is 20.9 Å². The zero-order chi connectivity index (χ0) is 19.7. The molecule has 0 aliphatic heterocycles. The van der Waals surface area contributed by atoms with Crippen molar-refractivity contribution >= 4 is 62.1 Å². The van der Waals surface area contributed by atoms with Crippen LogP contribution in [0.15, 0.2) is 55.1 Å².